The first-order valence-corrected chi connectivity index (χ1v) is 5.86. The average molecular weight is 270 g/mol. The number of alkyl halides is 1. The van der Waals surface area contributed by atoms with Crippen LogP contribution in [0.3, 0.4) is 0 Å². The minimum absolute atomic E-state index is 0.395. The van der Waals surface area contributed by atoms with Crippen LogP contribution in [0.15, 0.2) is 27.4 Å². The van der Waals surface area contributed by atoms with Crippen molar-refractivity contribution < 1.29 is 4.42 Å². The quantitative estimate of drug-likeness (QED) is 0.872. The van der Waals surface area contributed by atoms with E-state index in [9.17, 15) is 4.79 Å². The number of aromatic nitrogens is 1. The van der Waals surface area contributed by atoms with Crippen molar-refractivity contribution in [2.24, 2.45) is 0 Å². The molecule has 4 heteroatoms. The van der Waals surface area contributed by atoms with Gasteiger partial charge in [-0.05, 0) is 30.5 Å². The number of hydrogen-bond acceptors (Lipinski definition) is 2. The number of hydrogen-bond donors (Lipinski definition) is 1. The van der Waals surface area contributed by atoms with Crippen molar-refractivity contribution in [3.05, 3.63) is 34.3 Å². The molecule has 0 saturated carbocycles. The molecule has 1 heterocycles. The van der Waals surface area contributed by atoms with Gasteiger partial charge in [0, 0.05) is 4.83 Å². The molecule has 15 heavy (non-hydrogen) atoms. The fourth-order valence-electron chi connectivity index (χ4n) is 1.52. The van der Waals surface area contributed by atoms with E-state index in [1.807, 2.05) is 18.2 Å². The molecule has 2 rings (SSSR count). The van der Waals surface area contributed by atoms with Crippen molar-refractivity contribution in [1.82, 2.24) is 4.98 Å². The number of rotatable bonds is 3. The first-order valence-electron chi connectivity index (χ1n) is 4.95. The molecular weight excluding hydrogens is 258 g/mol. The molecule has 80 valence electrons. The second-order valence-corrected chi connectivity index (χ2v) is 4.85. The lowest BCUT2D eigenvalue weighted by Crippen LogP contribution is -1.99. The summed E-state index contributed by atoms with van der Waals surface area (Å²) in [5, 5.41) is 0. The van der Waals surface area contributed by atoms with Gasteiger partial charge in [-0.15, -0.1) is 0 Å². The SMILES string of the molecule is CCC(Br)Cc1ccc2[nH]c(=O)oc2c1. The van der Waals surface area contributed by atoms with Gasteiger partial charge < -0.3 is 4.42 Å². The summed E-state index contributed by atoms with van der Waals surface area (Å²) in [6.07, 6.45) is 2.02. The molecule has 0 spiro atoms. The zero-order valence-corrected chi connectivity index (χ0v) is 10.0. The topological polar surface area (TPSA) is 46.0 Å². The van der Waals surface area contributed by atoms with Gasteiger partial charge in [0.1, 0.15) is 0 Å². The molecule has 2 aromatic rings. The Hall–Kier alpha value is -1.03. The molecule has 0 amide bonds. The molecule has 1 N–H and O–H groups in total. The third kappa shape index (κ3) is 2.31. The van der Waals surface area contributed by atoms with Gasteiger partial charge in [0.05, 0.1) is 5.52 Å². The van der Waals surface area contributed by atoms with Crippen LogP contribution in [0.2, 0.25) is 0 Å². The molecule has 1 atom stereocenters. The number of nitrogens with one attached hydrogen (secondary N) is 1. The highest BCUT2D eigenvalue weighted by atomic mass is 79.9. The fraction of sp³-hybridized carbons (Fsp3) is 0.364. The monoisotopic (exact) mass is 269 g/mol. The van der Waals surface area contributed by atoms with Crippen LogP contribution in [0.5, 0.6) is 0 Å². The summed E-state index contributed by atoms with van der Waals surface area (Å²) in [7, 11) is 0. The highest BCUT2D eigenvalue weighted by molar-refractivity contribution is 9.09. The first-order chi connectivity index (χ1) is 7.19. The standard InChI is InChI=1S/C11H12BrNO2/c1-2-8(12)5-7-3-4-9-10(6-7)15-11(14)13-9/h3-4,6,8H,2,5H2,1H3,(H,13,14). The number of aromatic amines is 1. The maximum Gasteiger partial charge on any atom is 0.417 e. The highest BCUT2D eigenvalue weighted by Gasteiger charge is 2.05. The lowest BCUT2D eigenvalue weighted by atomic mass is 10.1. The number of fused-ring (bicyclic) bond motifs is 1. The largest absolute Gasteiger partial charge is 0.417 e. The van der Waals surface area contributed by atoms with E-state index >= 15 is 0 Å². The summed E-state index contributed by atoms with van der Waals surface area (Å²) in [4.78, 5) is 14.0. The molecular formula is C11H12BrNO2. The van der Waals surface area contributed by atoms with Crippen LogP contribution in [0.25, 0.3) is 11.1 Å². The minimum Gasteiger partial charge on any atom is -0.408 e. The van der Waals surface area contributed by atoms with Gasteiger partial charge in [0.25, 0.3) is 0 Å². The van der Waals surface area contributed by atoms with Gasteiger partial charge in [-0.2, -0.15) is 0 Å². The third-order valence-corrected chi connectivity index (χ3v) is 3.36. The van der Waals surface area contributed by atoms with E-state index in [2.05, 4.69) is 27.8 Å². The second kappa shape index (κ2) is 4.23. The maximum absolute atomic E-state index is 10.9. The Kier molecular flexibility index (Phi) is 2.95. The molecule has 1 aromatic heterocycles. The minimum atomic E-state index is -0.395. The Balaban J connectivity index is 2.34. The summed E-state index contributed by atoms with van der Waals surface area (Å²) in [5.41, 5.74) is 2.56. The fourth-order valence-corrected chi connectivity index (χ4v) is 1.89. The molecule has 1 aromatic carbocycles. The average Bonchev–Trinajstić information content (AvgIpc) is 2.57. The lowest BCUT2D eigenvalue weighted by molar-refractivity contribution is 0.555. The summed E-state index contributed by atoms with van der Waals surface area (Å²) in [6.45, 7) is 2.13. The maximum atomic E-state index is 10.9. The van der Waals surface area contributed by atoms with Gasteiger partial charge in [0.2, 0.25) is 0 Å². The molecule has 0 fully saturated rings. The molecule has 0 bridgehead atoms. The number of benzene rings is 1. The van der Waals surface area contributed by atoms with Crippen LogP contribution in [-0.2, 0) is 6.42 Å². The molecule has 0 aliphatic heterocycles. The Morgan fingerprint density at radius 3 is 3.07 bits per heavy atom. The molecule has 0 saturated heterocycles. The van der Waals surface area contributed by atoms with E-state index in [4.69, 9.17) is 4.42 Å². The Morgan fingerprint density at radius 2 is 2.33 bits per heavy atom. The Morgan fingerprint density at radius 1 is 1.53 bits per heavy atom. The summed E-state index contributed by atoms with van der Waals surface area (Å²) >= 11 is 3.58. The van der Waals surface area contributed by atoms with Gasteiger partial charge in [0.15, 0.2) is 5.58 Å². The van der Waals surface area contributed by atoms with Crippen molar-refractivity contribution in [2.75, 3.05) is 0 Å². The van der Waals surface area contributed by atoms with Gasteiger partial charge >= 0.3 is 5.76 Å². The van der Waals surface area contributed by atoms with E-state index in [-0.39, 0.29) is 0 Å². The van der Waals surface area contributed by atoms with Gasteiger partial charge in [-0.1, -0.05) is 28.9 Å². The van der Waals surface area contributed by atoms with Crippen LogP contribution in [-0.4, -0.2) is 9.81 Å². The van der Waals surface area contributed by atoms with Gasteiger partial charge in [-0.3, -0.25) is 4.98 Å². The molecule has 0 aliphatic rings. The van der Waals surface area contributed by atoms with Crippen LogP contribution in [0, 0.1) is 0 Å². The number of halogens is 1. The van der Waals surface area contributed by atoms with Crippen LogP contribution >= 0.6 is 15.9 Å². The van der Waals surface area contributed by atoms with Crippen molar-refractivity contribution in [3.8, 4) is 0 Å². The van der Waals surface area contributed by atoms with Crippen molar-refractivity contribution >= 4 is 27.0 Å². The Bertz CT molecular complexity index is 515. The predicted octanol–water partition coefficient (Wildman–Crippen LogP) is 2.84. The first kappa shape index (κ1) is 10.5. The molecule has 1 unspecified atom stereocenters. The summed E-state index contributed by atoms with van der Waals surface area (Å²) in [5.74, 6) is -0.395. The summed E-state index contributed by atoms with van der Waals surface area (Å²) < 4.78 is 5.00. The van der Waals surface area contributed by atoms with Crippen LogP contribution < -0.4 is 5.76 Å². The van der Waals surface area contributed by atoms with E-state index in [0.29, 0.717) is 10.4 Å². The normalized spacial score (nSPS) is 13.2. The number of oxazole rings is 1. The molecule has 0 radical (unpaired) electrons. The smallest absolute Gasteiger partial charge is 0.408 e. The van der Waals surface area contributed by atoms with Crippen LogP contribution in [0.1, 0.15) is 18.9 Å². The molecule has 0 aliphatic carbocycles. The van der Waals surface area contributed by atoms with Crippen LogP contribution in [0.4, 0.5) is 0 Å². The third-order valence-electron chi connectivity index (χ3n) is 2.39. The van der Waals surface area contributed by atoms with E-state index in [1.165, 1.54) is 5.56 Å². The molecule has 3 nitrogen and oxygen atoms in total. The van der Waals surface area contributed by atoms with E-state index in [0.717, 1.165) is 18.4 Å². The van der Waals surface area contributed by atoms with E-state index < -0.39 is 5.76 Å². The number of H-pyrrole nitrogens is 1. The van der Waals surface area contributed by atoms with Crippen molar-refractivity contribution in [2.45, 2.75) is 24.6 Å². The summed E-state index contributed by atoms with van der Waals surface area (Å²) in [6, 6.07) is 5.81. The van der Waals surface area contributed by atoms with Gasteiger partial charge in [-0.25, -0.2) is 4.79 Å². The second-order valence-electron chi connectivity index (χ2n) is 3.55. The zero-order chi connectivity index (χ0) is 10.8. The Labute approximate surface area is 95.6 Å². The highest BCUT2D eigenvalue weighted by Crippen LogP contribution is 2.17. The van der Waals surface area contributed by atoms with Crippen molar-refractivity contribution in [1.29, 1.82) is 0 Å². The predicted molar refractivity (Wildman–Crippen MR) is 63.5 cm³/mol. The van der Waals surface area contributed by atoms with E-state index in [1.54, 1.807) is 0 Å². The zero-order valence-electron chi connectivity index (χ0n) is 8.42. The van der Waals surface area contributed by atoms with Crippen molar-refractivity contribution in [3.63, 3.8) is 0 Å². The lowest BCUT2D eigenvalue weighted by Gasteiger charge is -2.05.